The number of halogens is 1. The first kappa shape index (κ1) is 17.2. The molecular weight excluding hydrogens is 319 g/mol. The minimum Gasteiger partial charge on any atom is -0.342 e. The topological polar surface area (TPSA) is 57.7 Å². The Morgan fingerprint density at radius 1 is 1.30 bits per heavy atom. The molecule has 0 bridgehead atoms. The number of nitrogens with zero attached hydrogens (tertiary/aromatic N) is 2. The van der Waals surface area contributed by atoms with E-state index >= 15 is 0 Å². The maximum Gasteiger partial charge on any atom is 0.294 e. The van der Waals surface area contributed by atoms with Crippen molar-refractivity contribution in [1.82, 2.24) is 9.80 Å². The number of benzene rings is 1. The van der Waals surface area contributed by atoms with Crippen LogP contribution in [0.3, 0.4) is 0 Å². The van der Waals surface area contributed by atoms with Gasteiger partial charge in [0.05, 0.1) is 4.91 Å². The number of imide groups is 1. The number of likely N-dealkylation sites (N-methyl/N-ethyl adjacent to an activating group) is 1. The zero-order valence-corrected chi connectivity index (χ0v) is 13.7. The molecule has 0 aromatic heterocycles. The molecule has 0 radical (unpaired) electrons. The number of hydrogen-bond donors (Lipinski definition) is 0. The Hall–Kier alpha value is -2.15. The number of amides is 3. The second kappa shape index (κ2) is 7.41. The van der Waals surface area contributed by atoms with Gasteiger partial charge in [0.2, 0.25) is 5.91 Å². The Morgan fingerprint density at radius 3 is 2.61 bits per heavy atom. The smallest absolute Gasteiger partial charge is 0.294 e. The molecule has 23 heavy (non-hydrogen) atoms. The summed E-state index contributed by atoms with van der Waals surface area (Å²) in [7, 11) is 0. The Morgan fingerprint density at radius 2 is 2.00 bits per heavy atom. The minimum absolute atomic E-state index is 0.188. The van der Waals surface area contributed by atoms with E-state index in [0.717, 1.165) is 16.7 Å². The third-order valence-corrected chi connectivity index (χ3v) is 4.34. The summed E-state index contributed by atoms with van der Waals surface area (Å²) in [4.78, 5) is 39.0. The quantitative estimate of drug-likeness (QED) is 0.776. The van der Waals surface area contributed by atoms with E-state index in [1.54, 1.807) is 11.0 Å². The molecule has 1 heterocycles. The van der Waals surface area contributed by atoms with Crippen molar-refractivity contribution in [2.24, 2.45) is 0 Å². The molecule has 7 heteroatoms. The van der Waals surface area contributed by atoms with Gasteiger partial charge in [0.15, 0.2) is 0 Å². The second-order valence-electron chi connectivity index (χ2n) is 4.89. The van der Waals surface area contributed by atoms with Crippen LogP contribution in [0, 0.1) is 5.82 Å². The van der Waals surface area contributed by atoms with Crippen LogP contribution < -0.4 is 0 Å². The molecule has 122 valence electrons. The molecule has 0 N–H and O–H groups in total. The lowest BCUT2D eigenvalue weighted by atomic mass is 10.2. The van der Waals surface area contributed by atoms with Crippen molar-refractivity contribution >= 4 is 34.9 Å². The summed E-state index contributed by atoms with van der Waals surface area (Å²) in [5.41, 5.74) is 0.491. The highest BCUT2D eigenvalue weighted by Gasteiger charge is 2.36. The Kier molecular flexibility index (Phi) is 5.54. The molecule has 1 aliphatic heterocycles. The number of carbonyl (C=O) groups is 3. The molecule has 0 atom stereocenters. The summed E-state index contributed by atoms with van der Waals surface area (Å²) in [6, 6.07) is 5.73. The van der Waals surface area contributed by atoms with E-state index in [0.29, 0.717) is 18.7 Å². The summed E-state index contributed by atoms with van der Waals surface area (Å²) in [6.07, 6.45) is 1.45. The normalized spacial score (nSPS) is 16.3. The van der Waals surface area contributed by atoms with Gasteiger partial charge in [-0.3, -0.25) is 19.3 Å². The fourth-order valence-corrected chi connectivity index (χ4v) is 3.03. The van der Waals surface area contributed by atoms with Crippen LogP contribution in [-0.2, 0) is 9.59 Å². The van der Waals surface area contributed by atoms with Crippen LogP contribution in [0.4, 0.5) is 9.18 Å². The van der Waals surface area contributed by atoms with Gasteiger partial charge in [0.1, 0.15) is 12.4 Å². The van der Waals surface area contributed by atoms with Gasteiger partial charge in [-0.1, -0.05) is 12.1 Å². The molecule has 0 unspecified atom stereocenters. The fraction of sp³-hybridized carbons (Fsp3) is 0.312. The van der Waals surface area contributed by atoms with Crippen molar-refractivity contribution in [2.75, 3.05) is 19.6 Å². The molecule has 5 nitrogen and oxygen atoms in total. The molecular formula is C16H17FN2O3S. The zero-order valence-electron chi connectivity index (χ0n) is 12.9. The lowest BCUT2D eigenvalue weighted by Crippen LogP contribution is -2.41. The molecule has 0 aliphatic carbocycles. The highest BCUT2D eigenvalue weighted by Crippen LogP contribution is 2.32. The standard InChI is InChI=1S/C16H17FN2O3S/c1-3-18(4-2)14(20)10-19-15(21)13(23-16(19)22)9-11-6-5-7-12(17)8-11/h5-9H,3-4,10H2,1-2H3/b13-9-. The van der Waals surface area contributed by atoms with E-state index in [2.05, 4.69) is 0 Å². The van der Waals surface area contributed by atoms with Crippen LogP contribution in [0.2, 0.25) is 0 Å². The average Bonchev–Trinajstić information content (AvgIpc) is 2.76. The molecule has 1 saturated heterocycles. The van der Waals surface area contributed by atoms with Crippen molar-refractivity contribution in [3.8, 4) is 0 Å². The van der Waals surface area contributed by atoms with Crippen LogP contribution >= 0.6 is 11.8 Å². The molecule has 1 aliphatic rings. The van der Waals surface area contributed by atoms with Crippen molar-refractivity contribution in [1.29, 1.82) is 0 Å². The van der Waals surface area contributed by atoms with Crippen LogP contribution in [0.25, 0.3) is 6.08 Å². The lowest BCUT2D eigenvalue weighted by molar-refractivity contribution is -0.135. The second-order valence-corrected chi connectivity index (χ2v) is 5.88. The minimum atomic E-state index is -0.523. The summed E-state index contributed by atoms with van der Waals surface area (Å²) in [5.74, 6) is -1.22. The first-order valence-electron chi connectivity index (χ1n) is 7.25. The summed E-state index contributed by atoms with van der Waals surface area (Å²) >= 11 is 0.757. The molecule has 1 aromatic carbocycles. The van der Waals surface area contributed by atoms with Crippen LogP contribution in [-0.4, -0.2) is 46.5 Å². The lowest BCUT2D eigenvalue weighted by Gasteiger charge is -2.21. The highest BCUT2D eigenvalue weighted by atomic mass is 32.2. The average molecular weight is 336 g/mol. The third-order valence-electron chi connectivity index (χ3n) is 3.43. The van der Waals surface area contributed by atoms with Gasteiger partial charge in [-0.25, -0.2) is 4.39 Å². The van der Waals surface area contributed by atoms with E-state index in [1.807, 2.05) is 13.8 Å². The predicted molar refractivity (Wildman–Crippen MR) is 87.0 cm³/mol. The van der Waals surface area contributed by atoms with E-state index in [9.17, 15) is 18.8 Å². The Bertz CT molecular complexity index is 671. The molecule has 0 saturated carbocycles. The first-order chi connectivity index (χ1) is 11.0. The van der Waals surface area contributed by atoms with Crippen molar-refractivity contribution in [3.63, 3.8) is 0 Å². The number of carbonyl (C=O) groups excluding carboxylic acids is 3. The maximum atomic E-state index is 13.2. The summed E-state index contributed by atoms with van der Waals surface area (Å²) in [5, 5.41) is -0.488. The zero-order chi connectivity index (χ0) is 17.0. The van der Waals surface area contributed by atoms with E-state index < -0.39 is 17.0 Å². The highest BCUT2D eigenvalue weighted by molar-refractivity contribution is 8.18. The SMILES string of the molecule is CCN(CC)C(=O)CN1C(=O)S/C(=C\c2cccc(F)c2)C1=O. The van der Waals surface area contributed by atoms with Crippen molar-refractivity contribution < 1.29 is 18.8 Å². The van der Waals surface area contributed by atoms with Crippen LogP contribution in [0.15, 0.2) is 29.2 Å². The number of hydrogen-bond acceptors (Lipinski definition) is 4. The molecule has 1 aromatic rings. The fourth-order valence-electron chi connectivity index (χ4n) is 2.20. The van der Waals surface area contributed by atoms with E-state index in [1.165, 1.54) is 24.3 Å². The largest absolute Gasteiger partial charge is 0.342 e. The molecule has 2 rings (SSSR count). The van der Waals surface area contributed by atoms with Crippen molar-refractivity contribution in [2.45, 2.75) is 13.8 Å². The monoisotopic (exact) mass is 336 g/mol. The van der Waals surface area contributed by atoms with Crippen LogP contribution in [0.1, 0.15) is 19.4 Å². The van der Waals surface area contributed by atoms with E-state index in [-0.39, 0.29) is 17.4 Å². The molecule has 1 fully saturated rings. The van der Waals surface area contributed by atoms with E-state index in [4.69, 9.17) is 0 Å². The molecule has 3 amide bonds. The van der Waals surface area contributed by atoms with Gasteiger partial charge < -0.3 is 4.90 Å². The Balaban J connectivity index is 2.15. The van der Waals surface area contributed by atoms with Gasteiger partial charge in [0.25, 0.3) is 11.1 Å². The third kappa shape index (κ3) is 3.98. The van der Waals surface area contributed by atoms with Crippen LogP contribution in [0.5, 0.6) is 0 Å². The van der Waals surface area contributed by atoms with Crippen molar-refractivity contribution in [3.05, 3.63) is 40.6 Å². The van der Waals surface area contributed by atoms with Gasteiger partial charge >= 0.3 is 0 Å². The first-order valence-corrected chi connectivity index (χ1v) is 8.06. The number of thioether (sulfide) groups is 1. The summed E-state index contributed by atoms with van der Waals surface area (Å²) < 4.78 is 13.2. The maximum absolute atomic E-state index is 13.2. The Labute approximate surface area is 138 Å². The summed E-state index contributed by atoms with van der Waals surface area (Å²) in [6.45, 7) is 4.43. The van der Waals surface area contributed by atoms with Gasteiger partial charge in [-0.05, 0) is 49.4 Å². The number of rotatable bonds is 5. The predicted octanol–water partition coefficient (Wildman–Crippen LogP) is 2.73. The van der Waals surface area contributed by atoms with Gasteiger partial charge in [0, 0.05) is 13.1 Å². The van der Waals surface area contributed by atoms with Gasteiger partial charge in [-0.2, -0.15) is 0 Å². The van der Waals surface area contributed by atoms with Gasteiger partial charge in [-0.15, -0.1) is 0 Å². The molecule has 0 spiro atoms.